The van der Waals surface area contributed by atoms with Crippen LogP contribution in [0.3, 0.4) is 0 Å². The Labute approximate surface area is 143 Å². The van der Waals surface area contributed by atoms with Crippen molar-refractivity contribution in [3.63, 3.8) is 0 Å². The van der Waals surface area contributed by atoms with E-state index in [0.717, 1.165) is 22.4 Å². The number of aromatic nitrogens is 2. The van der Waals surface area contributed by atoms with Crippen molar-refractivity contribution in [1.82, 2.24) is 9.97 Å². The molecule has 120 valence electrons. The molecule has 0 fully saturated rings. The summed E-state index contributed by atoms with van der Waals surface area (Å²) in [6, 6.07) is 20.7. The standard InChI is InChI=1S/2C11H11N/c2*1-8-7-9(2)12-11-6-4-3-5-10(8)11/h2*3-7H,1-2H3. The van der Waals surface area contributed by atoms with Gasteiger partial charge >= 0.3 is 0 Å². The molecule has 2 heterocycles. The second kappa shape index (κ2) is 6.79. The molecule has 4 aromatic rings. The number of hydrogen-bond donors (Lipinski definition) is 0. The van der Waals surface area contributed by atoms with Crippen molar-refractivity contribution in [3.8, 4) is 0 Å². The van der Waals surface area contributed by atoms with Crippen molar-refractivity contribution in [2.75, 3.05) is 0 Å². The number of fused-ring (bicyclic) bond motifs is 2. The van der Waals surface area contributed by atoms with Gasteiger partial charge < -0.3 is 0 Å². The summed E-state index contributed by atoms with van der Waals surface area (Å²) in [5, 5.41) is 2.51. The Balaban J connectivity index is 0.000000141. The fourth-order valence-electron chi connectivity index (χ4n) is 3.04. The number of rotatable bonds is 0. The lowest BCUT2D eigenvalue weighted by atomic mass is 10.1. The number of aryl methyl sites for hydroxylation is 4. The summed E-state index contributed by atoms with van der Waals surface area (Å²) < 4.78 is 0. The highest BCUT2D eigenvalue weighted by molar-refractivity contribution is 5.82. The van der Waals surface area contributed by atoms with Crippen LogP contribution < -0.4 is 0 Å². The molecule has 4 rings (SSSR count). The van der Waals surface area contributed by atoms with E-state index in [9.17, 15) is 0 Å². The molecule has 0 atom stereocenters. The zero-order valence-corrected chi connectivity index (χ0v) is 14.7. The quantitative estimate of drug-likeness (QED) is 0.416. The van der Waals surface area contributed by atoms with Gasteiger partial charge in [0.1, 0.15) is 0 Å². The summed E-state index contributed by atoms with van der Waals surface area (Å²) >= 11 is 0. The van der Waals surface area contributed by atoms with Crippen LogP contribution >= 0.6 is 0 Å². The van der Waals surface area contributed by atoms with Gasteiger partial charge in [0.15, 0.2) is 0 Å². The van der Waals surface area contributed by atoms with E-state index in [1.54, 1.807) is 0 Å². The molecule has 0 radical (unpaired) electrons. The number of pyridine rings is 2. The first kappa shape index (κ1) is 16.1. The van der Waals surface area contributed by atoms with Crippen LogP contribution in [0.4, 0.5) is 0 Å². The number of benzene rings is 2. The van der Waals surface area contributed by atoms with E-state index in [2.05, 4.69) is 60.2 Å². The zero-order valence-electron chi connectivity index (χ0n) is 14.7. The second-order valence-electron chi connectivity index (χ2n) is 6.20. The Morgan fingerprint density at radius 2 is 0.917 bits per heavy atom. The third kappa shape index (κ3) is 3.43. The molecule has 0 bridgehead atoms. The molecule has 0 saturated carbocycles. The van der Waals surface area contributed by atoms with Crippen LogP contribution in [-0.2, 0) is 0 Å². The Kier molecular flexibility index (Phi) is 4.57. The third-order valence-electron chi connectivity index (χ3n) is 4.10. The molecule has 2 heteroatoms. The summed E-state index contributed by atoms with van der Waals surface area (Å²) in [6.45, 7) is 8.30. The first-order valence-corrected chi connectivity index (χ1v) is 8.20. The van der Waals surface area contributed by atoms with E-state index in [4.69, 9.17) is 0 Å². The fraction of sp³-hybridized carbons (Fsp3) is 0.182. The molecular weight excluding hydrogens is 292 g/mol. The van der Waals surface area contributed by atoms with Gasteiger partial charge in [-0.05, 0) is 63.1 Å². The van der Waals surface area contributed by atoms with Gasteiger partial charge in [-0.25, -0.2) is 0 Å². The number of para-hydroxylation sites is 2. The summed E-state index contributed by atoms with van der Waals surface area (Å²) in [5.41, 5.74) is 6.97. The van der Waals surface area contributed by atoms with Crippen molar-refractivity contribution in [1.29, 1.82) is 0 Å². The topological polar surface area (TPSA) is 25.8 Å². The summed E-state index contributed by atoms with van der Waals surface area (Å²) in [4.78, 5) is 8.87. The van der Waals surface area contributed by atoms with Gasteiger partial charge in [0, 0.05) is 22.2 Å². The summed E-state index contributed by atoms with van der Waals surface area (Å²) in [7, 11) is 0. The zero-order chi connectivity index (χ0) is 17.1. The minimum Gasteiger partial charge on any atom is -0.253 e. The fourth-order valence-corrected chi connectivity index (χ4v) is 3.04. The molecule has 0 saturated heterocycles. The van der Waals surface area contributed by atoms with E-state index in [-0.39, 0.29) is 0 Å². The third-order valence-corrected chi connectivity index (χ3v) is 4.10. The average molecular weight is 314 g/mol. The molecule has 0 aliphatic rings. The predicted octanol–water partition coefficient (Wildman–Crippen LogP) is 5.70. The minimum absolute atomic E-state index is 1.09. The Morgan fingerprint density at radius 1 is 0.542 bits per heavy atom. The number of nitrogens with zero attached hydrogens (tertiary/aromatic N) is 2. The molecule has 0 unspecified atom stereocenters. The highest BCUT2D eigenvalue weighted by Crippen LogP contribution is 2.17. The molecule has 2 aromatic heterocycles. The van der Waals surface area contributed by atoms with Gasteiger partial charge in [-0.3, -0.25) is 9.97 Å². The molecule has 2 nitrogen and oxygen atoms in total. The van der Waals surface area contributed by atoms with Crippen LogP contribution in [0.5, 0.6) is 0 Å². The van der Waals surface area contributed by atoms with Crippen LogP contribution in [-0.4, -0.2) is 9.97 Å². The van der Waals surface area contributed by atoms with Crippen LogP contribution in [0.1, 0.15) is 22.5 Å². The second-order valence-corrected chi connectivity index (χ2v) is 6.20. The van der Waals surface area contributed by atoms with E-state index in [1.807, 2.05) is 38.1 Å². The lowest BCUT2D eigenvalue weighted by molar-refractivity contribution is 1.23. The molecule has 0 spiro atoms. The van der Waals surface area contributed by atoms with Crippen molar-refractivity contribution >= 4 is 21.8 Å². The van der Waals surface area contributed by atoms with E-state index < -0.39 is 0 Å². The van der Waals surface area contributed by atoms with E-state index >= 15 is 0 Å². The van der Waals surface area contributed by atoms with Crippen molar-refractivity contribution in [3.05, 3.63) is 83.2 Å². The van der Waals surface area contributed by atoms with Crippen molar-refractivity contribution in [2.24, 2.45) is 0 Å². The normalized spacial score (nSPS) is 10.5. The SMILES string of the molecule is Cc1cc(C)c2ccccc2n1.Cc1cc(C)c2ccccc2n1. The lowest BCUT2D eigenvalue weighted by Crippen LogP contribution is -1.85. The Morgan fingerprint density at radius 3 is 1.33 bits per heavy atom. The lowest BCUT2D eigenvalue weighted by Gasteiger charge is -2.01. The Hall–Kier alpha value is -2.74. The predicted molar refractivity (Wildman–Crippen MR) is 102 cm³/mol. The maximum atomic E-state index is 4.44. The molecule has 2 aromatic carbocycles. The van der Waals surface area contributed by atoms with Gasteiger partial charge in [-0.1, -0.05) is 36.4 Å². The van der Waals surface area contributed by atoms with Crippen LogP contribution in [0, 0.1) is 27.7 Å². The van der Waals surface area contributed by atoms with Crippen LogP contribution in [0.2, 0.25) is 0 Å². The smallest absolute Gasteiger partial charge is 0.0707 e. The first-order chi connectivity index (χ1) is 11.5. The van der Waals surface area contributed by atoms with Crippen molar-refractivity contribution in [2.45, 2.75) is 27.7 Å². The van der Waals surface area contributed by atoms with Gasteiger partial charge in [0.05, 0.1) is 11.0 Å². The molecular formula is C22H22N2. The number of hydrogen-bond acceptors (Lipinski definition) is 2. The van der Waals surface area contributed by atoms with Crippen LogP contribution in [0.25, 0.3) is 21.8 Å². The van der Waals surface area contributed by atoms with Crippen molar-refractivity contribution < 1.29 is 0 Å². The maximum absolute atomic E-state index is 4.44. The molecule has 0 aliphatic heterocycles. The highest BCUT2D eigenvalue weighted by Gasteiger charge is 1.98. The van der Waals surface area contributed by atoms with Gasteiger partial charge in [-0.15, -0.1) is 0 Å². The minimum atomic E-state index is 1.09. The van der Waals surface area contributed by atoms with Gasteiger partial charge in [0.2, 0.25) is 0 Å². The largest absolute Gasteiger partial charge is 0.253 e. The van der Waals surface area contributed by atoms with Crippen LogP contribution in [0.15, 0.2) is 60.7 Å². The van der Waals surface area contributed by atoms with Gasteiger partial charge in [0.25, 0.3) is 0 Å². The Bertz CT molecular complexity index is 920. The highest BCUT2D eigenvalue weighted by atomic mass is 14.7. The monoisotopic (exact) mass is 314 g/mol. The average Bonchev–Trinajstić information content (AvgIpc) is 2.55. The first-order valence-electron chi connectivity index (χ1n) is 8.20. The van der Waals surface area contributed by atoms with Gasteiger partial charge in [-0.2, -0.15) is 0 Å². The summed E-state index contributed by atoms with van der Waals surface area (Å²) in [5.74, 6) is 0. The molecule has 0 aliphatic carbocycles. The molecule has 24 heavy (non-hydrogen) atoms. The van der Waals surface area contributed by atoms with E-state index in [1.165, 1.54) is 21.9 Å². The molecule has 0 N–H and O–H groups in total. The van der Waals surface area contributed by atoms with E-state index in [0.29, 0.717) is 0 Å². The summed E-state index contributed by atoms with van der Waals surface area (Å²) in [6.07, 6.45) is 0. The maximum Gasteiger partial charge on any atom is 0.0707 e. The molecule has 0 amide bonds.